The van der Waals surface area contributed by atoms with Gasteiger partial charge in [0.05, 0.1) is 37.2 Å². The first-order valence-corrected chi connectivity index (χ1v) is 9.79. The highest BCUT2D eigenvalue weighted by Gasteiger charge is 2.19. The van der Waals surface area contributed by atoms with Crippen LogP contribution in [-0.4, -0.2) is 31.1 Å². The number of rotatable bonds is 6. The van der Waals surface area contributed by atoms with E-state index in [1.807, 2.05) is 24.3 Å². The Morgan fingerprint density at radius 2 is 1.66 bits per heavy atom. The molecule has 3 aromatic carbocycles. The summed E-state index contributed by atoms with van der Waals surface area (Å²) in [6.07, 6.45) is 1.60. The van der Waals surface area contributed by atoms with E-state index < -0.39 is 11.9 Å². The Bertz CT molecular complexity index is 1280. The summed E-state index contributed by atoms with van der Waals surface area (Å²) in [7, 11) is 2.89. The molecule has 0 aliphatic heterocycles. The number of para-hydroxylation sites is 1. The summed E-state index contributed by atoms with van der Waals surface area (Å²) < 4.78 is 16.0. The number of nitrogens with one attached hydrogen (secondary N) is 1. The number of ether oxygens (including phenoxy) is 2. The fourth-order valence-electron chi connectivity index (χ4n) is 3.25. The van der Waals surface area contributed by atoms with Crippen LogP contribution in [0.25, 0.3) is 22.8 Å². The minimum absolute atomic E-state index is 0.261. The largest absolute Gasteiger partial charge is 0.497 e. The third-order valence-electron chi connectivity index (χ3n) is 4.84. The van der Waals surface area contributed by atoms with Crippen LogP contribution >= 0.6 is 0 Å². The van der Waals surface area contributed by atoms with Crippen molar-refractivity contribution in [2.24, 2.45) is 0 Å². The molecule has 0 spiro atoms. The smallest absolute Gasteiger partial charge is 0.339 e. The molecule has 0 saturated carbocycles. The van der Waals surface area contributed by atoms with E-state index in [2.05, 4.69) is 10.3 Å². The van der Waals surface area contributed by atoms with Gasteiger partial charge in [0.25, 0.3) is 5.91 Å². The van der Waals surface area contributed by atoms with Crippen molar-refractivity contribution in [3.8, 4) is 28.5 Å². The zero-order valence-corrected chi connectivity index (χ0v) is 17.5. The normalized spacial score (nSPS) is 10.4. The van der Waals surface area contributed by atoms with Gasteiger partial charge < -0.3 is 19.2 Å². The van der Waals surface area contributed by atoms with Crippen LogP contribution < -0.4 is 10.1 Å². The molecule has 32 heavy (non-hydrogen) atoms. The first-order valence-electron chi connectivity index (χ1n) is 9.79. The highest BCUT2D eigenvalue weighted by Crippen LogP contribution is 2.30. The van der Waals surface area contributed by atoms with E-state index in [-0.39, 0.29) is 5.56 Å². The van der Waals surface area contributed by atoms with Gasteiger partial charge in [0, 0.05) is 11.1 Å². The van der Waals surface area contributed by atoms with E-state index in [4.69, 9.17) is 13.9 Å². The number of carbonyl (C=O) groups is 2. The molecule has 0 radical (unpaired) electrons. The number of anilines is 1. The van der Waals surface area contributed by atoms with Gasteiger partial charge in [-0.15, -0.1) is 0 Å². The van der Waals surface area contributed by atoms with Crippen LogP contribution in [0.2, 0.25) is 0 Å². The van der Waals surface area contributed by atoms with Gasteiger partial charge in [0.2, 0.25) is 5.89 Å². The number of methoxy groups -OCH3 is 2. The van der Waals surface area contributed by atoms with Crippen LogP contribution in [0.5, 0.6) is 5.75 Å². The number of nitrogens with zero attached hydrogens (tertiary/aromatic N) is 1. The molecule has 0 fully saturated rings. The Kier molecular flexibility index (Phi) is 5.98. The molecule has 1 amide bonds. The molecule has 1 heterocycles. The number of carbonyl (C=O) groups excluding carboxylic acids is 2. The second-order valence-electron chi connectivity index (χ2n) is 6.80. The van der Waals surface area contributed by atoms with Crippen molar-refractivity contribution in [2.75, 3.05) is 19.5 Å². The minimum Gasteiger partial charge on any atom is -0.497 e. The van der Waals surface area contributed by atoms with Gasteiger partial charge in [0.15, 0.2) is 5.76 Å². The molecule has 4 rings (SSSR count). The van der Waals surface area contributed by atoms with Crippen LogP contribution in [0.4, 0.5) is 5.69 Å². The van der Waals surface area contributed by atoms with E-state index >= 15 is 0 Å². The van der Waals surface area contributed by atoms with Crippen molar-refractivity contribution in [3.63, 3.8) is 0 Å². The standard InChI is InChI=1S/C25H20N2O5/c1-30-17-9-7-8-16(14-17)22-15-26-24(32-22)19-11-4-3-10-18(19)23(28)27-21-13-6-5-12-20(21)25(29)31-2/h3-15H,1-2H3,(H,27,28). The highest BCUT2D eigenvalue weighted by atomic mass is 16.5. The summed E-state index contributed by atoms with van der Waals surface area (Å²) in [5.41, 5.74) is 2.29. The van der Waals surface area contributed by atoms with Gasteiger partial charge in [-0.2, -0.15) is 0 Å². The summed E-state index contributed by atoms with van der Waals surface area (Å²) in [5.74, 6) is 0.604. The predicted molar refractivity (Wildman–Crippen MR) is 120 cm³/mol. The molecule has 0 aliphatic carbocycles. The Hall–Kier alpha value is -4.39. The van der Waals surface area contributed by atoms with Crippen molar-refractivity contribution in [2.45, 2.75) is 0 Å². The summed E-state index contributed by atoms with van der Waals surface area (Å²) in [6, 6.07) is 21.0. The summed E-state index contributed by atoms with van der Waals surface area (Å²) in [4.78, 5) is 29.5. The molecule has 1 N–H and O–H groups in total. The molecule has 0 saturated heterocycles. The van der Waals surface area contributed by atoms with E-state index in [9.17, 15) is 9.59 Å². The minimum atomic E-state index is -0.537. The molecular weight excluding hydrogens is 408 g/mol. The van der Waals surface area contributed by atoms with Crippen LogP contribution in [0.15, 0.2) is 83.4 Å². The van der Waals surface area contributed by atoms with Crippen molar-refractivity contribution < 1.29 is 23.5 Å². The lowest BCUT2D eigenvalue weighted by molar-refractivity contribution is 0.0602. The van der Waals surface area contributed by atoms with E-state index in [1.54, 1.807) is 61.8 Å². The number of benzene rings is 3. The van der Waals surface area contributed by atoms with Gasteiger partial charge in [-0.05, 0) is 36.4 Å². The number of hydrogen-bond acceptors (Lipinski definition) is 6. The monoisotopic (exact) mass is 428 g/mol. The van der Waals surface area contributed by atoms with E-state index in [0.29, 0.717) is 34.2 Å². The van der Waals surface area contributed by atoms with Gasteiger partial charge in [0.1, 0.15) is 5.75 Å². The number of amides is 1. The van der Waals surface area contributed by atoms with E-state index in [0.717, 1.165) is 5.56 Å². The third-order valence-corrected chi connectivity index (χ3v) is 4.84. The van der Waals surface area contributed by atoms with Crippen molar-refractivity contribution >= 4 is 17.6 Å². The van der Waals surface area contributed by atoms with Crippen molar-refractivity contribution in [3.05, 3.63) is 90.1 Å². The maximum absolute atomic E-state index is 13.1. The van der Waals surface area contributed by atoms with Gasteiger partial charge in [-0.1, -0.05) is 36.4 Å². The third kappa shape index (κ3) is 4.22. The lowest BCUT2D eigenvalue weighted by atomic mass is 10.1. The van der Waals surface area contributed by atoms with Gasteiger partial charge in [-0.25, -0.2) is 9.78 Å². The summed E-state index contributed by atoms with van der Waals surface area (Å²) >= 11 is 0. The SMILES string of the molecule is COC(=O)c1ccccc1NC(=O)c1ccccc1-c1ncc(-c2cccc(OC)c2)o1. The first kappa shape index (κ1) is 20.9. The maximum atomic E-state index is 13.1. The van der Waals surface area contributed by atoms with Crippen molar-refractivity contribution in [1.29, 1.82) is 0 Å². The van der Waals surface area contributed by atoms with Gasteiger partial charge >= 0.3 is 5.97 Å². The van der Waals surface area contributed by atoms with Crippen LogP contribution in [0.1, 0.15) is 20.7 Å². The number of aromatic nitrogens is 1. The second-order valence-corrected chi connectivity index (χ2v) is 6.80. The Morgan fingerprint density at radius 1 is 0.906 bits per heavy atom. The van der Waals surface area contributed by atoms with Crippen LogP contribution in [0.3, 0.4) is 0 Å². The Labute approximate surface area is 184 Å². The molecule has 7 heteroatoms. The first-order chi connectivity index (χ1) is 15.6. The molecule has 0 bridgehead atoms. The molecule has 0 atom stereocenters. The van der Waals surface area contributed by atoms with Gasteiger partial charge in [-0.3, -0.25) is 4.79 Å². The molecule has 7 nitrogen and oxygen atoms in total. The molecular formula is C25H20N2O5. The highest BCUT2D eigenvalue weighted by molar-refractivity contribution is 6.10. The number of hydrogen-bond donors (Lipinski definition) is 1. The molecule has 0 unspecified atom stereocenters. The fourth-order valence-corrected chi connectivity index (χ4v) is 3.25. The second kappa shape index (κ2) is 9.18. The molecule has 0 aliphatic rings. The van der Waals surface area contributed by atoms with Crippen LogP contribution in [-0.2, 0) is 4.74 Å². The molecule has 160 valence electrons. The number of oxazole rings is 1. The average molecular weight is 428 g/mol. The molecule has 1 aromatic heterocycles. The van der Waals surface area contributed by atoms with E-state index in [1.165, 1.54) is 7.11 Å². The fraction of sp³-hybridized carbons (Fsp3) is 0.0800. The lowest BCUT2D eigenvalue weighted by Crippen LogP contribution is -2.16. The van der Waals surface area contributed by atoms with Crippen LogP contribution in [0, 0.1) is 0 Å². The lowest BCUT2D eigenvalue weighted by Gasteiger charge is -2.11. The van der Waals surface area contributed by atoms with Crippen molar-refractivity contribution in [1.82, 2.24) is 4.98 Å². The number of esters is 1. The quantitative estimate of drug-likeness (QED) is 0.432. The topological polar surface area (TPSA) is 90.7 Å². The maximum Gasteiger partial charge on any atom is 0.339 e. The predicted octanol–water partition coefficient (Wildman–Crippen LogP) is 5.06. The Morgan fingerprint density at radius 3 is 2.44 bits per heavy atom. The zero-order valence-electron chi connectivity index (χ0n) is 17.5. The molecule has 4 aromatic rings. The summed E-state index contributed by atoms with van der Waals surface area (Å²) in [6.45, 7) is 0. The Balaban J connectivity index is 1.65. The zero-order chi connectivity index (χ0) is 22.5. The summed E-state index contributed by atoms with van der Waals surface area (Å²) in [5, 5.41) is 2.78. The average Bonchev–Trinajstić information content (AvgIpc) is 3.34.